The van der Waals surface area contributed by atoms with E-state index in [-0.39, 0.29) is 17.9 Å². The Balaban J connectivity index is 1.54. The summed E-state index contributed by atoms with van der Waals surface area (Å²) in [6.45, 7) is 1.03. The van der Waals surface area contributed by atoms with Gasteiger partial charge in [0.2, 0.25) is 5.91 Å². The lowest BCUT2D eigenvalue weighted by Gasteiger charge is -2.19. The Bertz CT molecular complexity index is 1380. The predicted octanol–water partition coefficient (Wildman–Crippen LogP) is 3.57. The van der Waals surface area contributed by atoms with Crippen LogP contribution in [0.5, 0.6) is 17.2 Å². The van der Waals surface area contributed by atoms with Crippen LogP contribution in [-0.2, 0) is 11.3 Å². The van der Waals surface area contributed by atoms with Crippen LogP contribution in [-0.4, -0.2) is 30.8 Å². The number of methoxy groups -OCH3 is 1. The standard InChI is InChI=1S/C24H20N2O5/c1-29-16-7-8-20-18(13-16)24(28)17-4-2-3-5-19(17)26(20)14-23(27)25-15-6-9-21-22(12-15)31-11-10-30-21/h2-9,12-13H,10-11,14H2,1H3,(H,25,27). The summed E-state index contributed by atoms with van der Waals surface area (Å²) >= 11 is 0. The van der Waals surface area contributed by atoms with Crippen molar-refractivity contribution in [2.24, 2.45) is 0 Å². The van der Waals surface area contributed by atoms with Gasteiger partial charge in [-0.2, -0.15) is 0 Å². The van der Waals surface area contributed by atoms with Gasteiger partial charge in [-0.15, -0.1) is 0 Å². The van der Waals surface area contributed by atoms with Crippen LogP contribution in [0.25, 0.3) is 21.8 Å². The number of benzene rings is 3. The summed E-state index contributed by atoms with van der Waals surface area (Å²) in [5.41, 5.74) is 1.89. The number of carbonyl (C=O) groups excluding carboxylic acids is 1. The number of pyridine rings is 1. The van der Waals surface area contributed by atoms with Gasteiger partial charge in [0.15, 0.2) is 16.9 Å². The molecule has 1 aliphatic rings. The minimum Gasteiger partial charge on any atom is -0.497 e. The van der Waals surface area contributed by atoms with Crippen LogP contribution in [0.3, 0.4) is 0 Å². The van der Waals surface area contributed by atoms with Crippen LogP contribution < -0.4 is 25.0 Å². The SMILES string of the molecule is COc1ccc2c(c1)c(=O)c1ccccc1n2CC(=O)Nc1ccc2c(c1)OCCO2. The van der Waals surface area contributed by atoms with Crippen molar-refractivity contribution in [2.75, 3.05) is 25.6 Å². The molecule has 1 aliphatic heterocycles. The third-order valence-electron chi connectivity index (χ3n) is 5.31. The van der Waals surface area contributed by atoms with Gasteiger partial charge >= 0.3 is 0 Å². The summed E-state index contributed by atoms with van der Waals surface area (Å²) < 4.78 is 18.2. The Morgan fingerprint density at radius 3 is 2.58 bits per heavy atom. The highest BCUT2D eigenvalue weighted by Crippen LogP contribution is 2.32. The lowest BCUT2D eigenvalue weighted by molar-refractivity contribution is -0.116. The molecule has 156 valence electrons. The first kappa shape index (κ1) is 19.0. The lowest BCUT2D eigenvalue weighted by atomic mass is 10.1. The fourth-order valence-electron chi connectivity index (χ4n) is 3.87. The molecule has 3 aromatic carbocycles. The predicted molar refractivity (Wildman–Crippen MR) is 118 cm³/mol. The van der Waals surface area contributed by atoms with Gasteiger partial charge in [-0.25, -0.2) is 0 Å². The quantitative estimate of drug-likeness (QED) is 0.515. The average Bonchev–Trinajstić information content (AvgIpc) is 2.81. The van der Waals surface area contributed by atoms with Crippen LogP contribution in [0.4, 0.5) is 5.69 Å². The van der Waals surface area contributed by atoms with E-state index in [4.69, 9.17) is 14.2 Å². The molecule has 0 spiro atoms. The Kier molecular flexibility index (Phi) is 4.71. The number of amides is 1. The second kappa shape index (κ2) is 7.68. The van der Waals surface area contributed by atoms with Crippen molar-refractivity contribution in [3.05, 3.63) is 70.9 Å². The van der Waals surface area contributed by atoms with Crippen LogP contribution in [0.2, 0.25) is 0 Å². The van der Waals surface area contributed by atoms with Crippen molar-refractivity contribution in [3.8, 4) is 17.2 Å². The van der Waals surface area contributed by atoms with Crippen LogP contribution in [0.15, 0.2) is 65.5 Å². The molecule has 1 N–H and O–H groups in total. The fraction of sp³-hybridized carbons (Fsp3) is 0.167. The van der Waals surface area contributed by atoms with E-state index in [1.165, 1.54) is 0 Å². The van der Waals surface area contributed by atoms with Gasteiger partial charge < -0.3 is 24.1 Å². The largest absolute Gasteiger partial charge is 0.497 e. The molecule has 0 fully saturated rings. The molecule has 4 aromatic rings. The maximum Gasteiger partial charge on any atom is 0.244 e. The zero-order valence-electron chi connectivity index (χ0n) is 16.9. The van der Waals surface area contributed by atoms with E-state index in [0.717, 1.165) is 0 Å². The smallest absolute Gasteiger partial charge is 0.244 e. The zero-order valence-corrected chi connectivity index (χ0v) is 16.9. The van der Waals surface area contributed by atoms with E-state index in [0.29, 0.717) is 58.0 Å². The molecule has 1 amide bonds. The first-order chi connectivity index (χ1) is 15.1. The number of hydrogen-bond acceptors (Lipinski definition) is 5. The van der Waals surface area contributed by atoms with E-state index in [9.17, 15) is 9.59 Å². The normalized spacial score (nSPS) is 12.7. The van der Waals surface area contributed by atoms with Crippen molar-refractivity contribution >= 4 is 33.4 Å². The molecule has 0 bridgehead atoms. The molecular weight excluding hydrogens is 396 g/mol. The number of aromatic nitrogens is 1. The third-order valence-corrected chi connectivity index (χ3v) is 5.31. The number of fused-ring (bicyclic) bond motifs is 3. The van der Waals surface area contributed by atoms with E-state index in [1.54, 1.807) is 49.6 Å². The summed E-state index contributed by atoms with van der Waals surface area (Å²) in [7, 11) is 1.56. The molecule has 7 heteroatoms. The van der Waals surface area contributed by atoms with Crippen LogP contribution in [0.1, 0.15) is 0 Å². The minimum absolute atomic E-state index is 0.0397. The molecule has 31 heavy (non-hydrogen) atoms. The van der Waals surface area contributed by atoms with Crippen molar-refractivity contribution in [1.29, 1.82) is 0 Å². The Morgan fingerprint density at radius 2 is 1.74 bits per heavy atom. The van der Waals surface area contributed by atoms with Gasteiger partial charge in [0.05, 0.1) is 18.1 Å². The molecule has 5 rings (SSSR count). The highest BCUT2D eigenvalue weighted by atomic mass is 16.6. The molecule has 0 atom stereocenters. The number of rotatable bonds is 4. The van der Waals surface area contributed by atoms with Crippen LogP contribution >= 0.6 is 0 Å². The van der Waals surface area contributed by atoms with Gasteiger partial charge in [-0.1, -0.05) is 12.1 Å². The number of carbonyl (C=O) groups is 1. The molecule has 0 radical (unpaired) electrons. The van der Waals surface area contributed by atoms with E-state index in [2.05, 4.69) is 5.32 Å². The first-order valence-corrected chi connectivity index (χ1v) is 9.93. The summed E-state index contributed by atoms with van der Waals surface area (Å²) in [6, 6.07) is 17.9. The first-order valence-electron chi connectivity index (χ1n) is 9.93. The molecule has 1 aromatic heterocycles. The van der Waals surface area contributed by atoms with Crippen molar-refractivity contribution in [3.63, 3.8) is 0 Å². The maximum absolute atomic E-state index is 13.0. The van der Waals surface area contributed by atoms with E-state index >= 15 is 0 Å². The van der Waals surface area contributed by atoms with Gasteiger partial charge in [-0.05, 0) is 42.5 Å². The van der Waals surface area contributed by atoms with Crippen LogP contribution in [0, 0.1) is 0 Å². The number of anilines is 1. The summed E-state index contributed by atoms with van der Waals surface area (Å²) in [6.07, 6.45) is 0. The molecule has 7 nitrogen and oxygen atoms in total. The van der Waals surface area contributed by atoms with Gasteiger partial charge in [0, 0.05) is 22.5 Å². The van der Waals surface area contributed by atoms with Gasteiger partial charge in [0.25, 0.3) is 0 Å². The van der Waals surface area contributed by atoms with Gasteiger partial charge in [0.1, 0.15) is 25.5 Å². The number of para-hydroxylation sites is 1. The number of hydrogen-bond donors (Lipinski definition) is 1. The minimum atomic E-state index is -0.220. The van der Waals surface area contributed by atoms with Gasteiger partial charge in [-0.3, -0.25) is 9.59 Å². The van der Waals surface area contributed by atoms with E-state index < -0.39 is 0 Å². The van der Waals surface area contributed by atoms with Crippen molar-refractivity contribution in [1.82, 2.24) is 4.57 Å². The summed E-state index contributed by atoms with van der Waals surface area (Å²) in [5.74, 6) is 1.64. The topological polar surface area (TPSA) is 78.8 Å². The molecule has 0 aliphatic carbocycles. The summed E-state index contributed by atoms with van der Waals surface area (Å²) in [5, 5.41) is 3.97. The third kappa shape index (κ3) is 3.44. The Hall–Kier alpha value is -4.00. The summed E-state index contributed by atoms with van der Waals surface area (Å²) in [4.78, 5) is 26.0. The molecule has 0 saturated heterocycles. The molecule has 0 saturated carbocycles. The maximum atomic E-state index is 13.0. The van der Waals surface area contributed by atoms with E-state index in [1.807, 2.05) is 22.8 Å². The Labute approximate surface area is 177 Å². The van der Waals surface area contributed by atoms with Crippen molar-refractivity contribution < 1.29 is 19.0 Å². The number of nitrogens with zero attached hydrogens (tertiary/aromatic N) is 1. The highest BCUT2D eigenvalue weighted by molar-refractivity contribution is 5.97. The number of nitrogens with one attached hydrogen (secondary N) is 1. The fourth-order valence-corrected chi connectivity index (χ4v) is 3.87. The number of ether oxygens (including phenoxy) is 3. The highest BCUT2D eigenvalue weighted by Gasteiger charge is 2.16. The van der Waals surface area contributed by atoms with Crippen molar-refractivity contribution in [2.45, 2.75) is 6.54 Å². The molecule has 2 heterocycles. The molecular formula is C24H20N2O5. The zero-order chi connectivity index (χ0) is 21.4. The second-order valence-electron chi connectivity index (χ2n) is 7.22. The monoisotopic (exact) mass is 416 g/mol. The molecule has 0 unspecified atom stereocenters. The second-order valence-corrected chi connectivity index (χ2v) is 7.22. The average molecular weight is 416 g/mol. The Morgan fingerprint density at radius 1 is 0.968 bits per heavy atom. The lowest BCUT2D eigenvalue weighted by Crippen LogP contribution is -2.22.